The topological polar surface area (TPSA) is 37.4 Å². The van der Waals surface area contributed by atoms with Crippen molar-refractivity contribution in [2.24, 2.45) is 5.92 Å². The second kappa shape index (κ2) is 2.88. The molecular weight excluding hydrogens is 150 g/mol. The van der Waals surface area contributed by atoms with Crippen LogP contribution in [-0.2, 0) is 10.9 Å². The van der Waals surface area contributed by atoms with Gasteiger partial charge >= 0.3 is 0 Å². The van der Waals surface area contributed by atoms with Crippen molar-refractivity contribution in [1.82, 2.24) is 4.31 Å². The molecule has 0 amide bonds. The molecule has 1 rings (SSSR count). The van der Waals surface area contributed by atoms with E-state index in [1.54, 1.807) is 4.31 Å². The number of rotatable bonds is 1. The molecule has 0 radical (unpaired) electrons. The Kier molecular flexibility index (Phi) is 2.31. The lowest BCUT2D eigenvalue weighted by Gasteiger charge is -2.15. The van der Waals surface area contributed by atoms with Crippen LogP contribution >= 0.6 is 0 Å². The highest BCUT2D eigenvalue weighted by molar-refractivity contribution is 7.69. The minimum Gasteiger partial charge on any atom is -0.215 e. The number of hydrogen-bond acceptors (Lipinski definition) is 2. The van der Waals surface area contributed by atoms with Crippen LogP contribution in [0.1, 0.15) is 20.3 Å². The van der Waals surface area contributed by atoms with E-state index in [4.69, 9.17) is 0 Å². The average molecular weight is 163 g/mol. The van der Waals surface area contributed by atoms with Gasteiger partial charge in [0.25, 0.3) is 0 Å². The molecule has 0 aromatic carbocycles. The van der Waals surface area contributed by atoms with Crippen LogP contribution in [0.3, 0.4) is 0 Å². The van der Waals surface area contributed by atoms with Crippen molar-refractivity contribution < 1.29 is 8.42 Å². The van der Waals surface area contributed by atoms with Crippen molar-refractivity contribution in [3.63, 3.8) is 0 Å². The first-order valence-electron chi connectivity index (χ1n) is 3.54. The summed E-state index contributed by atoms with van der Waals surface area (Å²) < 4.78 is 22.6. The monoisotopic (exact) mass is 163 g/mol. The summed E-state index contributed by atoms with van der Waals surface area (Å²) in [5, 5.41) is 0. The van der Waals surface area contributed by atoms with E-state index in [0.29, 0.717) is 12.5 Å². The highest BCUT2D eigenvalue weighted by Gasteiger charge is 2.28. The fourth-order valence-corrected chi connectivity index (χ4v) is 2.11. The molecule has 60 valence electrons. The van der Waals surface area contributed by atoms with Gasteiger partial charge in [-0.2, -0.15) is 0 Å². The van der Waals surface area contributed by atoms with Gasteiger partial charge in [0, 0.05) is 12.6 Å². The summed E-state index contributed by atoms with van der Waals surface area (Å²) in [6, 6.07) is 0.209. The van der Waals surface area contributed by atoms with Gasteiger partial charge in [0.2, 0.25) is 10.9 Å². The molecule has 1 saturated heterocycles. The Bertz CT molecular complexity index is 182. The molecule has 0 spiro atoms. The Hall–Kier alpha value is -0.0900. The first-order chi connectivity index (χ1) is 4.63. The Balaban J connectivity index is 2.66. The predicted octanol–water partition coefficient (Wildman–Crippen LogP) is 0.243. The molecule has 10 heavy (non-hydrogen) atoms. The van der Waals surface area contributed by atoms with Crippen molar-refractivity contribution in [1.29, 1.82) is 0 Å². The van der Waals surface area contributed by atoms with Gasteiger partial charge in [0.05, 0.1) is 0 Å². The lowest BCUT2D eigenvalue weighted by molar-refractivity contribution is 0.382. The normalized spacial score (nSPS) is 35.5. The smallest absolute Gasteiger partial charge is 0.204 e. The lowest BCUT2D eigenvalue weighted by atomic mass is 10.1. The summed E-state index contributed by atoms with van der Waals surface area (Å²) in [6.07, 6.45) is 1.00. The summed E-state index contributed by atoms with van der Waals surface area (Å²) in [4.78, 5) is 0. The Morgan fingerprint density at radius 2 is 2.00 bits per heavy atom. The van der Waals surface area contributed by atoms with Crippen molar-refractivity contribution in [3.05, 3.63) is 0 Å². The molecule has 2 atom stereocenters. The van der Waals surface area contributed by atoms with Crippen LogP contribution in [0.15, 0.2) is 0 Å². The second-order valence-corrected chi connectivity index (χ2v) is 3.90. The molecule has 2 unspecified atom stereocenters. The molecule has 0 aromatic heterocycles. The first-order valence-corrected chi connectivity index (χ1v) is 4.67. The summed E-state index contributed by atoms with van der Waals surface area (Å²) in [5.41, 5.74) is 0. The highest BCUT2D eigenvalue weighted by atomic mass is 32.2. The summed E-state index contributed by atoms with van der Waals surface area (Å²) in [7, 11) is -2.33. The number of hydrogen-bond donors (Lipinski definition) is 1. The van der Waals surface area contributed by atoms with Gasteiger partial charge in [-0.1, -0.05) is 6.92 Å². The zero-order chi connectivity index (χ0) is 7.72. The van der Waals surface area contributed by atoms with Crippen LogP contribution in [0, 0.1) is 5.92 Å². The minimum atomic E-state index is -2.33. The third kappa shape index (κ3) is 1.32. The van der Waals surface area contributed by atoms with Crippen molar-refractivity contribution in [2.75, 3.05) is 6.54 Å². The van der Waals surface area contributed by atoms with Crippen molar-refractivity contribution in [3.8, 4) is 0 Å². The van der Waals surface area contributed by atoms with E-state index in [-0.39, 0.29) is 6.04 Å². The Labute approximate surface area is 63.1 Å². The van der Waals surface area contributed by atoms with E-state index in [2.05, 4.69) is 6.92 Å². The van der Waals surface area contributed by atoms with Crippen molar-refractivity contribution >= 4 is 10.9 Å². The molecule has 4 heteroatoms. The summed E-state index contributed by atoms with van der Waals surface area (Å²) in [6.45, 7) is 4.76. The van der Waals surface area contributed by atoms with E-state index in [0.717, 1.165) is 6.42 Å². The average Bonchev–Trinajstić information content (AvgIpc) is 2.14. The van der Waals surface area contributed by atoms with Gasteiger partial charge in [0.15, 0.2) is 0 Å². The van der Waals surface area contributed by atoms with Gasteiger partial charge in [-0.25, -0.2) is 12.7 Å². The quantitative estimate of drug-likeness (QED) is 0.562. The molecule has 0 bridgehead atoms. The standard InChI is InChI=1S/C6H13NO2S/c1-5-3-4-7(6(5)2)10(8)9/h5-6,10H,3-4H2,1-2H3. The van der Waals surface area contributed by atoms with Crippen LogP contribution in [-0.4, -0.2) is 25.3 Å². The third-order valence-corrected chi connectivity index (χ3v) is 3.30. The summed E-state index contributed by atoms with van der Waals surface area (Å²) in [5.74, 6) is 0.521. The molecule has 0 saturated carbocycles. The molecule has 0 N–H and O–H groups in total. The third-order valence-electron chi connectivity index (χ3n) is 2.32. The SMILES string of the molecule is CC1CCN([SH](=O)=O)C1C. The molecule has 1 heterocycles. The van der Waals surface area contributed by atoms with Crippen LogP contribution < -0.4 is 0 Å². The molecule has 1 fully saturated rings. The van der Waals surface area contributed by atoms with Crippen LogP contribution in [0.25, 0.3) is 0 Å². The number of nitrogens with zero attached hydrogens (tertiary/aromatic N) is 1. The van der Waals surface area contributed by atoms with Gasteiger partial charge in [-0.3, -0.25) is 0 Å². The van der Waals surface area contributed by atoms with E-state index in [1.165, 1.54) is 0 Å². The van der Waals surface area contributed by atoms with Crippen LogP contribution in [0.2, 0.25) is 0 Å². The first kappa shape index (κ1) is 8.01. The maximum Gasteiger partial charge on any atom is 0.204 e. The minimum absolute atomic E-state index is 0.209. The fourth-order valence-electron chi connectivity index (χ4n) is 1.30. The van der Waals surface area contributed by atoms with Crippen molar-refractivity contribution in [2.45, 2.75) is 26.3 Å². The van der Waals surface area contributed by atoms with Crippen LogP contribution in [0.4, 0.5) is 0 Å². The molecule has 0 aromatic rings. The molecular formula is C6H13NO2S. The molecule has 3 nitrogen and oxygen atoms in total. The van der Waals surface area contributed by atoms with E-state index < -0.39 is 10.9 Å². The van der Waals surface area contributed by atoms with Gasteiger partial charge in [0.1, 0.15) is 0 Å². The number of thiol groups is 1. The van der Waals surface area contributed by atoms with Gasteiger partial charge < -0.3 is 0 Å². The predicted molar refractivity (Wildman–Crippen MR) is 40.3 cm³/mol. The van der Waals surface area contributed by atoms with Gasteiger partial charge in [-0.15, -0.1) is 0 Å². The zero-order valence-electron chi connectivity index (χ0n) is 6.28. The molecule has 1 aliphatic rings. The Morgan fingerprint density at radius 3 is 2.20 bits per heavy atom. The zero-order valence-corrected chi connectivity index (χ0v) is 7.17. The second-order valence-electron chi connectivity index (χ2n) is 2.91. The van der Waals surface area contributed by atoms with Gasteiger partial charge in [-0.05, 0) is 19.3 Å². The maximum absolute atomic E-state index is 10.5. The Morgan fingerprint density at radius 1 is 1.40 bits per heavy atom. The van der Waals surface area contributed by atoms with E-state index >= 15 is 0 Å². The maximum atomic E-state index is 10.5. The summed E-state index contributed by atoms with van der Waals surface area (Å²) >= 11 is 0. The largest absolute Gasteiger partial charge is 0.215 e. The van der Waals surface area contributed by atoms with E-state index in [9.17, 15) is 8.42 Å². The lowest BCUT2D eigenvalue weighted by Crippen LogP contribution is -2.27. The fraction of sp³-hybridized carbons (Fsp3) is 1.00. The molecule has 1 aliphatic heterocycles. The highest BCUT2D eigenvalue weighted by Crippen LogP contribution is 2.22. The molecule has 0 aliphatic carbocycles. The van der Waals surface area contributed by atoms with Crippen LogP contribution in [0.5, 0.6) is 0 Å². The van der Waals surface area contributed by atoms with E-state index in [1.807, 2.05) is 6.92 Å².